The molecule has 0 spiro atoms. The van der Waals surface area contributed by atoms with E-state index in [0.717, 1.165) is 31.6 Å². The maximum Gasteiger partial charge on any atom is 0.220 e. The second-order valence-corrected chi connectivity index (χ2v) is 6.03. The summed E-state index contributed by atoms with van der Waals surface area (Å²) >= 11 is 0. The fourth-order valence-electron chi connectivity index (χ4n) is 2.80. The van der Waals surface area contributed by atoms with Gasteiger partial charge in [0.1, 0.15) is 5.75 Å². The monoisotopic (exact) mass is 275 g/mol. The summed E-state index contributed by atoms with van der Waals surface area (Å²) in [6, 6.07) is 8.27. The Morgan fingerprint density at radius 2 is 2.00 bits per heavy atom. The van der Waals surface area contributed by atoms with E-state index in [1.165, 1.54) is 5.56 Å². The summed E-state index contributed by atoms with van der Waals surface area (Å²) in [5, 5.41) is 3.19. The van der Waals surface area contributed by atoms with E-state index in [1.54, 1.807) is 0 Å². The van der Waals surface area contributed by atoms with Gasteiger partial charge in [-0.25, -0.2) is 0 Å². The van der Waals surface area contributed by atoms with E-state index >= 15 is 0 Å². The molecule has 1 heterocycles. The number of carbonyl (C=O) groups is 1. The Morgan fingerprint density at radius 1 is 1.30 bits per heavy atom. The molecule has 3 nitrogen and oxygen atoms in total. The lowest BCUT2D eigenvalue weighted by atomic mass is 9.80. The van der Waals surface area contributed by atoms with E-state index in [4.69, 9.17) is 4.74 Å². The average molecular weight is 275 g/mol. The van der Waals surface area contributed by atoms with Crippen LogP contribution in [0.4, 0.5) is 0 Å². The molecule has 1 aliphatic rings. The Morgan fingerprint density at radius 3 is 2.50 bits per heavy atom. The molecule has 1 N–H and O–H groups in total. The van der Waals surface area contributed by atoms with E-state index in [2.05, 4.69) is 38.2 Å². The van der Waals surface area contributed by atoms with Gasteiger partial charge < -0.3 is 10.1 Å². The van der Waals surface area contributed by atoms with Crippen LogP contribution in [0.15, 0.2) is 24.3 Å². The van der Waals surface area contributed by atoms with Crippen LogP contribution < -0.4 is 10.1 Å². The second kappa shape index (κ2) is 6.29. The molecule has 1 amide bonds. The molecule has 0 bridgehead atoms. The van der Waals surface area contributed by atoms with Gasteiger partial charge in [0.2, 0.25) is 5.91 Å². The van der Waals surface area contributed by atoms with Crippen LogP contribution in [0, 0.1) is 5.92 Å². The van der Waals surface area contributed by atoms with Crippen molar-refractivity contribution in [2.24, 2.45) is 5.92 Å². The minimum absolute atomic E-state index is 0.0805. The van der Waals surface area contributed by atoms with Crippen LogP contribution in [0.25, 0.3) is 0 Å². The fourth-order valence-corrected chi connectivity index (χ4v) is 2.80. The predicted octanol–water partition coefficient (Wildman–Crippen LogP) is 3.32. The molecule has 20 heavy (non-hydrogen) atoms. The number of hydrogen-bond donors (Lipinski definition) is 1. The van der Waals surface area contributed by atoms with Crippen LogP contribution in [-0.4, -0.2) is 18.1 Å². The second-order valence-electron chi connectivity index (χ2n) is 6.03. The van der Waals surface area contributed by atoms with Gasteiger partial charge in [0.15, 0.2) is 0 Å². The molecule has 1 aromatic carbocycles. The van der Waals surface area contributed by atoms with Crippen molar-refractivity contribution < 1.29 is 9.53 Å². The number of benzene rings is 1. The van der Waals surface area contributed by atoms with Gasteiger partial charge in [0.05, 0.1) is 6.61 Å². The average Bonchev–Trinajstić information content (AvgIpc) is 2.81. The van der Waals surface area contributed by atoms with Gasteiger partial charge >= 0.3 is 0 Å². The molecule has 0 saturated carbocycles. The standard InChI is InChI=1S/C17H25NO2/c1-4-11-20-15-7-5-14(6-8-15)12-17(13(2)3)10-9-16(19)18-17/h5-8,13H,4,9-12H2,1-3H3,(H,18,19). The summed E-state index contributed by atoms with van der Waals surface area (Å²) in [6.45, 7) is 7.23. The first-order chi connectivity index (χ1) is 9.55. The number of nitrogens with one attached hydrogen (secondary N) is 1. The lowest BCUT2D eigenvalue weighted by molar-refractivity contribution is -0.120. The zero-order valence-electron chi connectivity index (χ0n) is 12.7. The highest BCUT2D eigenvalue weighted by Crippen LogP contribution is 2.32. The molecule has 2 rings (SSSR count). The lowest BCUT2D eigenvalue weighted by Crippen LogP contribution is -2.48. The largest absolute Gasteiger partial charge is 0.494 e. The first-order valence-electron chi connectivity index (χ1n) is 7.58. The summed E-state index contributed by atoms with van der Waals surface area (Å²) in [5.41, 5.74) is 1.17. The quantitative estimate of drug-likeness (QED) is 0.865. The molecular weight excluding hydrogens is 250 g/mol. The topological polar surface area (TPSA) is 38.3 Å². The third-order valence-corrected chi connectivity index (χ3v) is 4.21. The Bertz CT molecular complexity index is 453. The zero-order valence-corrected chi connectivity index (χ0v) is 12.7. The maximum atomic E-state index is 11.6. The SMILES string of the molecule is CCCOc1ccc(CC2(C(C)C)CCC(=O)N2)cc1. The Balaban J connectivity index is 2.06. The smallest absolute Gasteiger partial charge is 0.220 e. The van der Waals surface area contributed by atoms with E-state index in [9.17, 15) is 4.79 Å². The van der Waals surface area contributed by atoms with Crippen LogP contribution in [0.2, 0.25) is 0 Å². The van der Waals surface area contributed by atoms with Crippen molar-refractivity contribution in [2.75, 3.05) is 6.61 Å². The summed E-state index contributed by atoms with van der Waals surface area (Å²) in [5.74, 6) is 1.54. The Hall–Kier alpha value is -1.51. The van der Waals surface area contributed by atoms with Gasteiger partial charge in [-0.3, -0.25) is 4.79 Å². The highest BCUT2D eigenvalue weighted by molar-refractivity contribution is 5.79. The molecule has 1 saturated heterocycles. The molecule has 1 aliphatic heterocycles. The van der Waals surface area contributed by atoms with E-state index in [1.807, 2.05) is 12.1 Å². The zero-order chi connectivity index (χ0) is 14.6. The number of rotatable bonds is 6. The van der Waals surface area contributed by atoms with E-state index < -0.39 is 0 Å². The van der Waals surface area contributed by atoms with Crippen LogP contribution in [-0.2, 0) is 11.2 Å². The molecular formula is C17H25NO2. The Kier molecular flexibility index (Phi) is 4.69. The number of ether oxygens (including phenoxy) is 1. The van der Waals surface area contributed by atoms with Gasteiger partial charge in [-0.1, -0.05) is 32.9 Å². The first kappa shape index (κ1) is 14.9. The summed E-state index contributed by atoms with van der Waals surface area (Å²) in [7, 11) is 0. The highest BCUT2D eigenvalue weighted by Gasteiger charge is 2.40. The highest BCUT2D eigenvalue weighted by atomic mass is 16.5. The lowest BCUT2D eigenvalue weighted by Gasteiger charge is -2.33. The van der Waals surface area contributed by atoms with Gasteiger partial charge in [-0.2, -0.15) is 0 Å². The first-order valence-corrected chi connectivity index (χ1v) is 7.58. The van der Waals surface area contributed by atoms with Crippen LogP contribution in [0.1, 0.15) is 45.6 Å². The molecule has 1 unspecified atom stereocenters. The van der Waals surface area contributed by atoms with Crippen molar-refractivity contribution >= 4 is 5.91 Å². The molecule has 0 aliphatic carbocycles. The fraction of sp³-hybridized carbons (Fsp3) is 0.588. The van der Waals surface area contributed by atoms with Crippen molar-refractivity contribution in [3.8, 4) is 5.75 Å². The molecule has 3 heteroatoms. The van der Waals surface area contributed by atoms with Crippen LogP contribution >= 0.6 is 0 Å². The Labute approximate surface area is 121 Å². The normalized spacial score (nSPS) is 22.1. The van der Waals surface area contributed by atoms with Crippen molar-refractivity contribution in [3.63, 3.8) is 0 Å². The van der Waals surface area contributed by atoms with Gasteiger partial charge in [0, 0.05) is 12.0 Å². The van der Waals surface area contributed by atoms with E-state index in [-0.39, 0.29) is 11.4 Å². The minimum Gasteiger partial charge on any atom is -0.494 e. The van der Waals surface area contributed by atoms with Crippen LogP contribution in [0.5, 0.6) is 5.75 Å². The summed E-state index contributed by atoms with van der Waals surface area (Å²) in [4.78, 5) is 11.6. The van der Waals surface area contributed by atoms with Crippen LogP contribution in [0.3, 0.4) is 0 Å². The molecule has 0 radical (unpaired) electrons. The third-order valence-electron chi connectivity index (χ3n) is 4.21. The molecule has 0 aromatic heterocycles. The summed E-state index contributed by atoms with van der Waals surface area (Å²) in [6.07, 6.45) is 3.49. The van der Waals surface area contributed by atoms with Gasteiger partial charge in [-0.15, -0.1) is 0 Å². The number of amides is 1. The van der Waals surface area contributed by atoms with Gasteiger partial charge in [-0.05, 0) is 42.9 Å². The van der Waals surface area contributed by atoms with Crippen molar-refractivity contribution in [2.45, 2.75) is 52.0 Å². The summed E-state index contributed by atoms with van der Waals surface area (Å²) < 4.78 is 5.60. The maximum absolute atomic E-state index is 11.6. The predicted molar refractivity (Wildman–Crippen MR) is 80.9 cm³/mol. The molecule has 1 atom stereocenters. The van der Waals surface area contributed by atoms with Gasteiger partial charge in [0.25, 0.3) is 0 Å². The van der Waals surface area contributed by atoms with Crippen molar-refractivity contribution in [3.05, 3.63) is 29.8 Å². The number of hydrogen-bond acceptors (Lipinski definition) is 2. The molecule has 1 aromatic rings. The van der Waals surface area contributed by atoms with E-state index in [0.29, 0.717) is 12.3 Å². The van der Waals surface area contributed by atoms with Crippen molar-refractivity contribution in [1.29, 1.82) is 0 Å². The minimum atomic E-state index is -0.0805. The van der Waals surface area contributed by atoms with Crippen molar-refractivity contribution in [1.82, 2.24) is 5.32 Å². The molecule has 1 fully saturated rings. The third kappa shape index (κ3) is 3.33. The number of carbonyl (C=O) groups excluding carboxylic acids is 1. The molecule has 110 valence electrons.